The lowest BCUT2D eigenvalue weighted by Crippen LogP contribution is -2.08. The fraction of sp³-hybridized carbons (Fsp3) is 0.400. The largest absolute Gasteiger partial charge is 0.383 e. The number of rotatable bonds is 3. The summed E-state index contributed by atoms with van der Waals surface area (Å²) >= 11 is 1.07. The molecule has 1 heterocycles. The second-order valence-electron chi connectivity index (χ2n) is 1.89. The molecule has 0 saturated heterocycles. The van der Waals surface area contributed by atoms with Crippen molar-refractivity contribution in [3.8, 4) is 0 Å². The van der Waals surface area contributed by atoms with E-state index in [4.69, 9.17) is 5.73 Å². The Morgan fingerprint density at radius 3 is 2.91 bits per heavy atom. The van der Waals surface area contributed by atoms with Crippen molar-refractivity contribution in [2.24, 2.45) is 0 Å². The predicted octanol–water partition coefficient (Wildman–Crippen LogP) is 1.40. The Labute approximate surface area is 66.4 Å². The van der Waals surface area contributed by atoms with Crippen LogP contribution in [0.3, 0.4) is 0 Å². The first-order chi connectivity index (χ1) is 5.18. The molecule has 0 aliphatic heterocycles. The number of hydrogen-bond donors (Lipinski definition) is 2. The van der Waals surface area contributed by atoms with Crippen LogP contribution in [0.5, 0.6) is 0 Å². The lowest BCUT2D eigenvalue weighted by atomic mass is 10.6. The van der Waals surface area contributed by atoms with Gasteiger partial charge in [0.25, 0.3) is 6.43 Å². The third-order valence-electron chi connectivity index (χ3n) is 0.959. The van der Waals surface area contributed by atoms with Gasteiger partial charge < -0.3 is 11.1 Å². The van der Waals surface area contributed by atoms with Gasteiger partial charge in [-0.05, 0) is 11.5 Å². The number of nitrogen functional groups attached to an aromatic ring is 1. The maximum Gasteiger partial charge on any atom is 0.255 e. The minimum absolute atomic E-state index is 0.353. The van der Waals surface area contributed by atoms with E-state index in [0.29, 0.717) is 10.8 Å². The average molecular weight is 179 g/mol. The van der Waals surface area contributed by atoms with Gasteiger partial charge in [-0.25, -0.2) is 8.78 Å². The third kappa shape index (κ3) is 2.67. The molecule has 11 heavy (non-hydrogen) atoms. The molecule has 62 valence electrons. The molecule has 3 nitrogen and oxygen atoms in total. The van der Waals surface area contributed by atoms with Crippen LogP contribution in [-0.2, 0) is 0 Å². The van der Waals surface area contributed by atoms with Gasteiger partial charge in [0.1, 0.15) is 10.8 Å². The highest BCUT2D eigenvalue weighted by Gasteiger charge is 2.02. The van der Waals surface area contributed by atoms with Crippen molar-refractivity contribution >= 4 is 22.4 Å². The molecular weight excluding hydrogens is 172 g/mol. The Balaban J connectivity index is 2.39. The summed E-state index contributed by atoms with van der Waals surface area (Å²) < 4.78 is 26.9. The summed E-state index contributed by atoms with van der Waals surface area (Å²) in [5.41, 5.74) is 5.26. The Hall–Kier alpha value is -0.910. The van der Waals surface area contributed by atoms with E-state index in [1.54, 1.807) is 0 Å². The van der Waals surface area contributed by atoms with E-state index in [9.17, 15) is 8.78 Å². The predicted molar refractivity (Wildman–Crippen MR) is 41.0 cm³/mol. The lowest BCUT2D eigenvalue weighted by Gasteiger charge is -1.98. The Bertz CT molecular complexity index is 225. The maximum absolute atomic E-state index is 11.6. The maximum atomic E-state index is 11.6. The molecule has 0 saturated carbocycles. The number of nitrogens with zero attached hydrogens (tertiary/aromatic N) is 1. The first-order valence-electron chi connectivity index (χ1n) is 2.92. The first kappa shape index (κ1) is 8.19. The molecule has 0 bridgehead atoms. The molecule has 0 radical (unpaired) electrons. The monoisotopic (exact) mass is 179 g/mol. The van der Waals surface area contributed by atoms with E-state index in [0.717, 1.165) is 11.5 Å². The Kier molecular flexibility index (Phi) is 2.58. The van der Waals surface area contributed by atoms with Gasteiger partial charge in [-0.15, -0.1) is 0 Å². The standard InChI is InChI=1S/C5H7F2N3S/c6-3(7)2-9-5-1-4(8)10-11-5/h1,3,9H,2H2,(H2,8,10). The van der Waals surface area contributed by atoms with Crippen LogP contribution in [0.4, 0.5) is 19.6 Å². The number of nitrogens with two attached hydrogens (primary N) is 1. The Morgan fingerprint density at radius 2 is 2.45 bits per heavy atom. The second kappa shape index (κ2) is 3.47. The smallest absolute Gasteiger partial charge is 0.255 e. The molecular formula is C5H7F2N3S. The first-order valence-corrected chi connectivity index (χ1v) is 3.70. The normalized spacial score (nSPS) is 10.5. The second-order valence-corrected chi connectivity index (χ2v) is 2.69. The van der Waals surface area contributed by atoms with Crippen LogP contribution in [0.1, 0.15) is 0 Å². The minimum atomic E-state index is -2.35. The van der Waals surface area contributed by atoms with Gasteiger partial charge >= 0.3 is 0 Å². The summed E-state index contributed by atoms with van der Waals surface area (Å²) in [6.07, 6.45) is -2.35. The summed E-state index contributed by atoms with van der Waals surface area (Å²) in [7, 11) is 0. The molecule has 0 aromatic carbocycles. The molecule has 3 N–H and O–H groups in total. The lowest BCUT2D eigenvalue weighted by molar-refractivity contribution is 0.163. The van der Waals surface area contributed by atoms with Gasteiger partial charge in [0.15, 0.2) is 0 Å². The molecule has 1 rings (SSSR count). The summed E-state index contributed by atoms with van der Waals surface area (Å²) in [6, 6.07) is 1.52. The number of nitrogens with one attached hydrogen (secondary N) is 1. The van der Waals surface area contributed by atoms with Crippen molar-refractivity contribution in [2.45, 2.75) is 6.43 Å². The van der Waals surface area contributed by atoms with E-state index in [2.05, 4.69) is 9.69 Å². The van der Waals surface area contributed by atoms with Crippen LogP contribution in [0.25, 0.3) is 0 Å². The van der Waals surface area contributed by atoms with Crippen molar-refractivity contribution in [2.75, 3.05) is 17.6 Å². The summed E-state index contributed by atoms with van der Waals surface area (Å²) in [4.78, 5) is 0. The van der Waals surface area contributed by atoms with Crippen LogP contribution in [0.2, 0.25) is 0 Å². The van der Waals surface area contributed by atoms with Crippen LogP contribution in [-0.4, -0.2) is 17.3 Å². The number of aromatic nitrogens is 1. The highest BCUT2D eigenvalue weighted by Crippen LogP contribution is 2.17. The molecule has 0 fully saturated rings. The van der Waals surface area contributed by atoms with E-state index < -0.39 is 6.43 Å². The van der Waals surface area contributed by atoms with E-state index >= 15 is 0 Å². The zero-order chi connectivity index (χ0) is 8.27. The quantitative estimate of drug-likeness (QED) is 0.737. The van der Waals surface area contributed by atoms with Crippen LogP contribution in [0, 0.1) is 0 Å². The summed E-state index contributed by atoms with van der Waals surface area (Å²) in [5.74, 6) is 0.353. The van der Waals surface area contributed by atoms with Gasteiger partial charge in [0.05, 0.1) is 6.54 Å². The van der Waals surface area contributed by atoms with E-state index in [-0.39, 0.29) is 6.54 Å². The van der Waals surface area contributed by atoms with Gasteiger partial charge in [0, 0.05) is 6.07 Å². The minimum Gasteiger partial charge on any atom is -0.383 e. The zero-order valence-electron chi connectivity index (χ0n) is 5.55. The Morgan fingerprint density at radius 1 is 1.73 bits per heavy atom. The van der Waals surface area contributed by atoms with E-state index in [1.165, 1.54) is 6.07 Å². The van der Waals surface area contributed by atoms with Crippen molar-refractivity contribution < 1.29 is 8.78 Å². The molecule has 1 aromatic rings. The van der Waals surface area contributed by atoms with Crippen LogP contribution in [0.15, 0.2) is 6.07 Å². The number of halogens is 2. The molecule has 0 spiro atoms. The van der Waals surface area contributed by atoms with Gasteiger partial charge in [0.2, 0.25) is 0 Å². The van der Waals surface area contributed by atoms with Crippen molar-refractivity contribution in [1.29, 1.82) is 0 Å². The summed E-state index contributed by atoms with van der Waals surface area (Å²) in [6.45, 7) is -0.359. The van der Waals surface area contributed by atoms with E-state index in [1.807, 2.05) is 0 Å². The average Bonchev–Trinajstić information content (AvgIpc) is 2.31. The highest BCUT2D eigenvalue weighted by molar-refractivity contribution is 7.10. The number of alkyl halides is 2. The van der Waals surface area contributed by atoms with Crippen LogP contribution >= 0.6 is 11.5 Å². The van der Waals surface area contributed by atoms with Crippen molar-refractivity contribution in [3.63, 3.8) is 0 Å². The fourth-order valence-corrected chi connectivity index (χ4v) is 1.13. The van der Waals surface area contributed by atoms with Crippen molar-refractivity contribution in [1.82, 2.24) is 4.37 Å². The SMILES string of the molecule is Nc1cc(NCC(F)F)sn1. The number of hydrogen-bond acceptors (Lipinski definition) is 4. The molecule has 1 aromatic heterocycles. The third-order valence-corrected chi connectivity index (χ3v) is 1.72. The molecule has 0 aliphatic rings. The van der Waals surface area contributed by atoms with Gasteiger partial charge in [-0.3, -0.25) is 0 Å². The topological polar surface area (TPSA) is 50.9 Å². The van der Waals surface area contributed by atoms with Crippen molar-refractivity contribution in [3.05, 3.63) is 6.07 Å². The fourth-order valence-electron chi connectivity index (χ4n) is 0.550. The molecule has 6 heteroatoms. The zero-order valence-corrected chi connectivity index (χ0v) is 6.37. The molecule has 0 unspecified atom stereocenters. The molecule has 0 atom stereocenters. The van der Waals surface area contributed by atoms with Gasteiger partial charge in [-0.1, -0.05) is 0 Å². The highest BCUT2D eigenvalue weighted by atomic mass is 32.1. The van der Waals surface area contributed by atoms with Gasteiger partial charge in [-0.2, -0.15) is 4.37 Å². The summed E-state index contributed by atoms with van der Waals surface area (Å²) in [5, 5.41) is 3.06. The number of anilines is 2. The molecule has 0 aliphatic carbocycles. The molecule has 0 amide bonds. The van der Waals surface area contributed by atoms with Crippen LogP contribution < -0.4 is 11.1 Å².